The van der Waals surface area contributed by atoms with Gasteiger partial charge in [0.2, 0.25) is 5.95 Å². The molecule has 5 rings (SSSR count). The van der Waals surface area contributed by atoms with Crippen molar-refractivity contribution in [1.82, 2.24) is 20.2 Å². The molecule has 0 unspecified atom stereocenters. The monoisotopic (exact) mass is 587 g/mol. The van der Waals surface area contributed by atoms with Crippen LogP contribution < -0.4 is 10.6 Å². The topological polar surface area (TPSA) is 96.5 Å². The summed E-state index contributed by atoms with van der Waals surface area (Å²) in [6.07, 6.45) is -3.24. The second kappa shape index (κ2) is 11.1. The number of sulfone groups is 1. The maximum absolute atomic E-state index is 13.9. The summed E-state index contributed by atoms with van der Waals surface area (Å²) in [5.74, 6) is -0.216. The number of ether oxygens (including phenoxy) is 1. The lowest BCUT2D eigenvalue weighted by Gasteiger charge is -2.26. The molecular formula is C24H25ClF3N5O3S2. The highest BCUT2D eigenvalue weighted by Gasteiger charge is 2.36. The number of nitrogens with one attached hydrogen (secondary N) is 2. The molecule has 38 heavy (non-hydrogen) atoms. The summed E-state index contributed by atoms with van der Waals surface area (Å²) in [4.78, 5) is 10.1. The van der Waals surface area contributed by atoms with Crippen LogP contribution in [0, 0.1) is 0 Å². The van der Waals surface area contributed by atoms with Gasteiger partial charge in [0.15, 0.2) is 9.84 Å². The number of thiophene rings is 1. The van der Waals surface area contributed by atoms with Crippen molar-refractivity contribution in [1.29, 1.82) is 0 Å². The van der Waals surface area contributed by atoms with Crippen molar-refractivity contribution < 1.29 is 26.3 Å². The van der Waals surface area contributed by atoms with Gasteiger partial charge < -0.3 is 15.4 Å². The second-order valence-corrected chi connectivity index (χ2v) is 12.5. The predicted molar refractivity (Wildman–Crippen MR) is 140 cm³/mol. The molecule has 2 N–H and O–H groups in total. The average molecular weight is 588 g/mol. The number of aromatic nitrogens is 2. The summed E-state index contributed by atoms with van der Waals surface area (Å²) in [5.41, 5.74) is 1.17. The minimum absolute atomic E-state index is 0.0293. The zero-order valence-electron chi connectivity index (χ0n) is 20.1. The molecule has 1 aromatic carbocycles. The van der Waals surface area contributed by atoms with E-state index in [1.165, 1.54) is 11.4 Å². The van der Waals surface area contributed by atoms with Crippen LogP contribution in [0.15, 0.2) is 34.7 Å². The van der Waals surface area contributed by atoms with Gasteiger partial charge in [0.05, 0.1) is 45.1 Å². The fraction of sp³-hybridized carbons (Fsp3) is 0.417. The van der Waals surface area contributed by atoms with Gasteiger partial charge in [0.1, 0.15) is 5.56 Å². The van der Waals surface area contributed by atoms with Gasteiger partial charge in [-0.05, 0) is 42.3 Å². The summed E-state index contributed by atoms with van der Waals surface area (Å²) < 4.78 is 72.7. The van der Waals surface area contributed by atoms with Gasteiger partial charge in [-0.25, -0.2) is 18.4 Å². The average Bonchev–Trinajstić information content (AvgIpc) is 3.39. The normalized spacial score (nSPS) is 16.8. The number of fused-ring (bicyclic) bond motifs is 1. The van der Waals surface area contributed by atoms with Crippen molar-refractivity contribution in [2.45, 2.75) is 24.0 Å². The molecule has 1 fully saturated rings. The first-order valence-corrected chi connectivity index (χ1v) is 14.9. The zero-order valence-corrected chi connectivity index (χ0v) is 22.5. The molecule has 0 spiro atoms. The van der Waals surface area contributed by atoms with Crippen molar-refractivity contribution in [2.24, 2.45) is 0 Å². The van der Waals surface area contributed by atoms with E-state index < -0.39 is 27.3 Å². The molecule has 0 atom stereocenters. The van der Waals surface area contributed by atoms with Crippen molar-refractivity contribution >= 4 is 44.4 Å². The van der Waals surface area contributed by atoms with Crippen LogP contribution in [-0.2, 0) is 33.7 Å². The summed E-state index contributed by atoms with van der Waals surface area (Å²) >= 11 is 7.30. The maximum atomic E-state index is 13.9. The molecule has 204 valence electrons. The highest BCUT2D eigenvalue weighted by atomic mass is 35.5. The fourth-order valence-corrected chi connectivity index (χ4v) is 7.20. The quantitative estimate of drug-likeness (QED) is 0.421. The standard InChI is InChI=1S/C24H25ClF3N5O3S2/c25-19-9-16-12-29-2-1-15(16)10-20(19)31-23-30-13-18(24(26,27)28)22(32-23)21-11-17(14-37-21)38(34,35)8-5-33-3-6-36-7-4-33/h9-11,13-14,29H,1-8,12H2,(H,30,31,32). The number of alkyl halides is 3. The first kappa shape index (κ1) is 27.3. The molecule has 0 bridgehead atoms. The molecular weight excluding hydrogens is 563 g/mol. The molecule has 0 saturated carbocycles. The molecule has 0 amide bonds. The van der Waals surface area contributed by atoms with E-state index in [4.69, 9.17) is 16.3 Å². The molecule has 8 nitrogen and oxygen atoms in total. The van der Waals surface area contributed by atoms with Crippen molar-refractivity contribution in [2.75, 3.05) is 50.5 Å². The molecule has 4 heterocycles. The Bertz CT molecular complexity index is 1430. The Morgan fingerprint density at radius 1 is 1.18 bits per heavy atom. The van der Waals surface area contributed by atoms with Gasteiger partial charge >= 0.3 is 6.18 Å². The van der Waals surface area contributed by atoms with Crippen LogP contribution in [0.2, 0.25) is 5.02 Å². The van der Waals surface area contributed by atoms with Gasteiger partial charge in [0, 0.05) is 37.8 Å². The fourth-order valence-electron chi connectivity index (χ4n) is 4.35. The van der Waals surface area contributed by atoms with Crippen molar-refractivity contribution in [3.63, 3.8) is 0 Å². The first-order chi connectivity index (χ1) is 18.1. The SMILES string of the molecule is O=S(=O)(CCN1CCOCC1)c1csc(-c2nc(Nc3cc4c(cc3Cl)CNCC4)ncc2C(F)(F)F)c1. The number of hydrogen-bond donors (Lipinski definition) is 2. The Balaban J connectivity index is 1.42. The summed E-state index contributed by atoms with van der Waals surface area (Å²) in [7, 11) is -3.70. The lowest BCUT2D eigenvalue weighted by atomic mass is 10.0. The maximum Gasteiger partial charge on any atom is 0.420 e. The number of halogens is 4. The number of nitrogens with zero attached hydrogens (tertiary/aromatic N) is 3. The highest BCUT2D eigenvalue weighted by molar-refractivity contribution is 7.91. The number of hydrogen-bond acceptors (Lipinski definition) is 9. The molecule has 14 heteroatoms. The lowest BCUT2D eigenvalue weighted by molar-refractivity contribution is -0.137. The van der Waals surface area contributed by atoms with Crippen LogP contribution in [0.3, 0.4) is 0 Å². The van der Waals surface area contributed by atoms with Crippen molar-refractivity contribution in [3.05, 3.63) is 51.5 Å². The Morgan fingerprint density at radius 3 is 2.74 bits per heavy atom. The van der Waals surface area contributed by atoms with Gasteiger partial charge in [-0.1, -0.05) is 11.6 Å². The smallest absolute Gasteiger partial charge is 0.379 e. The van der Waals surface area contributed by atoms with Crippen LogP contribution >= 0.6 is 22.9 Å². The number of benzene rings is 1. The zero-order chi connectivity index (χ0) is 26.9. The van der Waals surface area contributed by atoms with E-state index in [-0.39, 0.29) is 21.5 Å². The van der Waals surface area contributed by atoms with Crippen LogP contribution in [0.25, 0.3) is 10.6 Å². The van der Waals surface area contributed by atoms with Gasteiger partial charge in [0.25, 0.3) is 0 Å². The van der Waals surface area contributed by atoms with Crippen LogP contribution in [0.1, 0.15) is 16.7 Å². The third-order valence-electron chi connectivity index (χ3n) is 6.46. The minimum Gasteiger partial charge on any atom is -0.379 e. The van der Waals surface area contributed by atoms with Gasteiger partial charge in [-0.15, -0.1) is 11.3 Å². The largest absolute Gasteiger partial charge is 0.420 e. The molecule has 0 radical (unpaired) electrons. The third kappa shape index (κ3) is 6.13. The second-order valence-electron chi connectivity index (χ2n) is 9.03. The first-order valence-electron chi connectivity index (χ1n) is 12.0. The summed E-state index contributed by atoms with van der Waals surface area (Å²) in [5, 5.41) is 7.94. The highest BCUT2D eigenvalue weighted by Crippen LogP contribution is 2.39. The molecule has 2 aliphatic rings. The molecule has 2 aliphatic heterocycles. The van der Waals surface area contributed by atoms with Gasteiger partial charge in [-0.3, -0.25) is 4.90 Å². The Morgan fingerprint density at radius 2 is 1.97 bits per heavy atom. The van der Waals surface area contributed by atoms with E-state index in [1.807, 2.05) is 17.0 Å². The summed E-state index contributed by atoms with van der Waals surface area (Å²) in [6.45, 7) is 4.19. The number of rotatable bonds is 7. The molecule has 0 aliphatic carbocycles. The Kier molecular flexibility index (Phi) is 7.94. The lowest BCUT2D eigenvalue weighted by Crippen LogP contribution is -2.39. The predicted octanol–water partition coefficient (Wildman–Crippen LogP) is 4.37. The number of anilines is 2. The molecule has 2 aromatic heterocycles. The van der Waals surface area contributed by atoms with Crippen LogP contribution in [0.4, 0.5) is 24.8 Å². The van der Waals surface area contributed by atoms with E-state index in [2.05, 4.69) is 20.6 Å². The van der Waals surface area contributed by atoms with E-state index in [0.29, 0.717) is 56.3 Å². The Labute approximate surface area is 227 Å². The molecule has 1 saturated heterocycles. The van der Waals surface area contributed by atoms with E-state index in [9.17, 15) is 21.6 Å². The van der Waals surface area contributed by atoms with Crippen LogP contribution in [-0.4, -0.2) is 68.4 Å². The molecule has 3 aromatic rings. The summed E-state index contributed by atoms with van der Waals surface area (Å²) in [6, 6.07) is 4.91. The van der Waals surface area contributed by atoms with E-state index in [0.717, 1.165) is 35.4 Å². The van der Waals surface area contributed by atoms with Crippen LogP contribution in [0.5, 0.6) is 0 Å². The van der Waals surface area contributed by atoms with Crippen molar-refractivity contribution in [3.8, 4) is 10.6 Å². The van der Waals surface area contributed by atoms with E-state index >= 15 is 0 Å². The van der Waals surface area contributed by atoms with Gasteiger partial charge in [-0.2, -0.15) is 13.2 Å². The van der Waals surface area contributed by atoms with E-state index in [1.54, 1.807) is 0 Å². The Hall–Kier alpha value is -2.29. The third-order valence-corrected chi connectivity index (χ3v) is 9.54. The number of morpholine rings is 1. The minimum atomic E-state index is -4.73.